The highest BCUT2D eigenvalue weighted by atomic mass is 35.5. The summed E-state index contributed by atoms with van der Waals surface area (Å²) in [7, 11) is 0. The van der Waals surface area contributed by atoms with Crippen LogP contribution < -0.4 is 0 Å². The Bertz CT molecular complexity index is 333. The van der Waals surface area contributed by atoms with Gasteiger partial charge in [0.2, 0.25) is 0 Å². The van der Waals surface area contributed by atoms with Gasteiger partial charge in [-0.3, -0.25) is 0 Å². The molecule has 0 fully saturated rings. The van der Waals surface area contributed by atoms with Crippen LogP contribution in [0.15, 0.2) is 36.4 Å². The lowest BCUT2D eigenvalue weighted by atomic mass is 10.2. The molecule has 0 spiro atoms. The van der Waals surface area contributed by atoms with Crippen LogP contribution in [0.3, 0.4) is 0 Å². The minimum absolute atomic E-state index is 0.416. The summed E-state index contributed by atoms with van der Waals surface area (Å²) in [5.74, 6) is -0.416. The van der Waals surface area contributed by atoms with Gasteiger partial charge >= 0.3 is 5.97 Å². The van der Waals surface area contributed by atoms with Crippen LogP contribution in [0.25, 0.3) is 6.08 Å². The van der Waals surface area contributed by atoms with Crippen molar-refractivity contribution in [3.8, 4) is 0 Å². The van der Waals surface area contributed by atoms with Gasteiger partial charge in [-0.25, -0.2) is 4.79 Å². The van der Waals surface area contributed by atoms with E-state index >= 15 is 0 Å². The van der Waals surface area contributed by atoms with Crippen molar-refractivity contribution in [2.45, 2.75) is 18.9 Å². The smallest absolute Gasteiger partial charge is 0.332 e. The first-order valence-electron chi connectivity index (χ1n) is 4.80. The van der Waals surface area contributed by atoms with Crippen molar-refractivity contribution in [2.75, 3.05) is 0 Å². The van der Waals surface area contributed by atoms with Gasteiger partial charge in [0.25, 0.3) is 0 Å². The Morgan fingerprint density at radius 3 is 2.73 bits per heavy atom. The van der Waals surface area contributed by atoms with Crippen LogP contribution in [-0.2, 0) is 9.53 Å². The maximum Gasteiger partial charge on any atom is 0.332 e. The molecule has 0 bridgehead atoms. The summed E-state index contributed by atoms with van der Waals surface area (Å²) in [6, 6.07) is 9.54. The lowest BCUT2D eigenvalue weighted by Crippen LogP contribution is -2.08. The van der Waals surface area contributed by atoms with Gasteiger partial charge in [-0.05, 0) is 18.1 Å². The maximum atomic E-state index is 11.2. The zero-order chi connectivity index (χ0) is 11.1. The van der Waals surface area contributed by atoms with Crippen molar-refractivity contribution in [1.29, 1.82) is 0 Å². The Labute approximate surface area is 94.5 Å². The molecule has 0 aliphatic carbocycles. The third-order valence-electron chi connectivity index (χ3n) is 1.78. The Morgan fingerprint density at radius 1 is 1.47 bits per heavy atom. The Balaban J connectivity index is 2.48. The summed E-state index contributed by atoms with van der Waals surface area (Å²) < 4.78 is 4.86. The van der Waals surface area contributed by atoms with Gasteiger partial charge < -0.3 is 4.74 Å². The molecule has 1 aromatic carbocycles. The molecule has 0 N–H and O–H groups in total. The Morgan fingerprint density at radius 2 is 2.13 bits per heavy atom. The van der Waals surface area contributed by atoms with E-state index in [0.717, 1.165) is 5.56 Å². The Hall–Kier alpha value is -1.28. The lowest BCUT2D eigenvalue weighted by Gasteiger charge is -2.05. The molecule has 3 heteroatoms. The van der Waals surface area contributed by atoms with Crippen molar-refractivity contribution < 1.29 is 9.53 Å². The van der Waals surface area contributed by atoms with Crippen LogP contribution >= 0.6 is 11.6 Å². The number of halogens is 1. The summed E-state index contributed by atoms with van der Waals surface area (Å²) in [6.45, 7) is 1.85. The summed E-state index contributed by atoms with van der Waals surface area (Å²) in [4.78, 5) is 11.2. The average Bonchev–Trinajstić information content (AvgIpc) is 2.27. The van der Waals surface area contributed by atoms with E-state index in [1.807, 2.05) is 37.3 Å². The van der Waals surface area contributed by atoms with E-state index in [1.165, 1.54) is 6.08 Å². The van der Waals surface area contributed by atoms with Gasteiger partial charge in [-0.1, -0.05) is 48.9 Å². The van der Waals surface area contributed by atoms with Gasteiger partial charge in [0, 0.05) is 6.08 Å². The van der Waals surface area contributed by atoms with E-state index in [9.17, 15) is 4.79 Å². The van der Waals surface area contributed by atoms with Crippen molar-refractivity contribution in [1.82, 2.24) is 0 Å². The quantitative estimate of drug-likeness (QED) is 0.446. The van der Waals surface area contributed by atoms with Crippen LogP contribution in [0.1, 0.15) is 18.9 Å². The molecular formula is C12H13ClO2. The van der Waals surface area contributed by atoms with Crippen LogP contribution in [0.2, 0.25) is 0 Å². The van der Waals surface area contributed by atoms with E-state index in [-0.39, 0.29) is 0 Å². The molecule has 80 valence electrons. The predicted octanol–water partition coefficient (Wildman–Crippen LogP) is 3.22. The third-order valence-corrected chi connectivity index (χ3v) is 2.17. The number of hydrogen-bond acceptors (Lipinski definition) is 2. The minimum atomic E-state index is -0.544. The van der Waals surface area contributed by atoms with Gasteiger partial charge in [-0.2, -0.15) is 0 Å². The number of carbonyl (C=O) groups excluding carboxylic acids is 1. The lowest BCUT2D eigenvalue weighted by molar-refractivity contribution is -0.139. The fourth-order valence-corrected chi connectivity index (χ4v) is 1.06. The van der Waals surface area contributed by atoms with E-state index in [4.69, 9.17) is 16.3 Å². The normalized spacial score (nSPS) is 12.7. The maximum absolute atomic E-state index is 11.2. The standard InChI is InChI=1S/C12H13ClO2/c1-2-11(13)15-12(14)9-8-10-6-4-3-5-7-10/h3-9,11H,2H2,1H3/b9-8+. The number of hydrogen-bond donors (Lipinski definition) is 0. The van der Waals surface area contributed by atoms with Gasteiger partial charge in [0.15, 0.2) is 5.56 Å². The van der Waals surface area contributed by atoms with Crippen LogP contribution in [0, 0.1) is 0 Å². The fraction of sp³-hybridized carbons (Fsp3) is 0.250. The molecule has 0 aromatic heterocycles. The topological polar surface area (TPSA) is 26.3 Å². The molecule has 0 aliphatic rings. The monoisotopic (exact) mass is 224 g/mol. The highest BCUT2D eigenvalue weighted by Gasteiger charge is 2.04. The van der Waals surface area contributed by atoms with E-state index < -0.39 is 11.5 Å². The highest BCUT2D eigenvalue weighted by Crippen LogP contribution is 2.05. The Kier molecular flexibility index (Phi) is 4.91. The SMILES string of the molecule is CCC(Cl)OC(=O)/C=C/c1ccccc1. The van der Waals surface area contributed by atoms with Crippen LogP contribution in [0.4, 0.5) is 0 Å². The predicted molar refractivity (Wildman–Crippen MR) is 61.5 cm³/mol. The summed E-state index contributed by atoms with van der Waals surface area (Å²) in [6.07, 6.45) is 3.68. The number of esters is 1. The molecule has 0 saturated carbocycles. The molecule has 0 heterocycles. The fourth-order valence-electron chi connectivity index (χ4n) is 0.977. The number of alkyl halides is 1. The van der Waals surface area contributed by atoms with Crippen molar-refractivity contribution in [3.05, 3.63) is 42.0 Å². The third kappa shape index (κ3) is 4.66. The largest absolute Gasteiger partial charge is 0.443 e. The summed E-state index contributed by atoms with van der Waals surface area (Å²) in [5.41, 5.74) is 0.412. The van der Waals surface area contributed by atoms with Crippen molar-refractivity contribution in [2.24, 2.45) is 0 Å². The molecule has 1 unspecified atom stereocenters. The zero-order valence-electron chi connectivity index (χ0n) is 8.52. The molecule has 0 amide bonds. The number of ether oxygens (including phenoxy) is 1. The molecular weight excluding hydrogens is 212 g/mol. The highest BCUT2D eigenvalue weighted by molar-refractivity contribution is 6.20. The molecule has 0 saturated heterocycles. The average molecular weight is 225 g/mol. The molecule has 1 aromatic rings. The van der Waals surface area contributed by atoms with E-state index in [2.05, 4.69) is 0 Å². The summed E-state index contributed by atoms with van der Waals surface area (Å²) in [5, 5.41) is 0. The number of carbonyl (C=O) groups is 1. The molecule has 0 aliphatic heterocycles. The number of benzene rings is 1. The van der Waals surface area contributed by atoms with E-state index in [1.54, 1.807) is 6.08 Å². The van der Waals surface area contributed by atoms with Gasteiger partial charge in [0.1, 0.15) is 0 Å². The number of rotatable bonds is 4. The van der Waals surface area contributed by atoms with Crippen LogP contribution in [-0.4, -0.2) is 11.5 Å². The minimum Gasteiger partial charge on any atom is -0.443 e. The molecule has 1 rings (SSSR count). The second-order valence-electron chi connectivity index (χ2n) is 3.00. The zero-order valence-corrected chi connectivity index (χ0v) is 9.28. The second kappa shape index (κ2) is 6.25. The van der Waals surface area contributed by atoms with Crippen molar-refractivity contribution in [3.63, 3.8) is 0 Å². The van der Waals surface area contributed by atoms with Crippen molar-refractivity contribution >= 4 is 23.6 Å². The summed E-state index contributed by atoms with van der Waals surface area (Å²) >= 11 is 5.66. The second-order valence-corrected chi connectivity index (χ2v) is 3.49. The molecule has 2 nitrogen and oxygen atoms in total. The first-order valence-corrected chi connectivity index (χ1v) is 5.24. The van der Waals surface area contributed by atoms with Gasteiger partial charge in [0.05, 0.1) is 0 Å². The van der Waals surface area contributed by atoms with Crippen LogP contribution in [0.5, 0.6) is 0 Å². The first-order chi connectivity index (χ1) is 7.22. The molecule has 15 heavy (non-hydrogen) atoms. The van der Waals surface area contributed by atoms with E-state index in [0.29, 0.717) is 6.42 Å². The van der Waals surface area contributed by atoms with Gasteiger partial charge in [-0.15, -0.1) is 0 Å². The first kappa shape index (κ1) is 11.8. The molecule has 1 atom stereocenters. The molecule has 0 radical (unpaired) electrons.